The van der Waals surface area contributed by atoms with E-state index in [9.17, 15) is 4.79 Å². The van der Waals surface area contributed by atoms with E-state index in [0.717, 1.165) is 31.7 Å². The highest BCUT2D eigenvalue weighted by atomic mass is 16.7. The molecule has 2 aliphatic rings. The van der Waals surface area contributed by atoms with Crippen LogP contribution in [-0.4, -0.2) is 54.5 Å². The summed E-state index contributed by atoms with van der Waals surface area (Å²) in [5.41, 5.74) is 0.423. The maximum absolute atomic E-state index is 12.3. The summed E-state index contributed by atoms with van der Waals surface area (Å²) in [6.45, 7) is 9.52. The third kappa shape index (κ3) is 3.84. The number of nitrogens with one attached hydrogen (secondary N) is 1. The minimum absolute atomic E-state index is 0.147. The molecule has 0 atom stereocenters. The fourth-order valence-electron chi connectivity index (χ4n) is 3.08. The van der Waals surface area contributed by atoms with E-state index in [0.29, 0.717) is 37.2 Å². The lowest BCUT2D eigenvalue weighted by molar-refractivity contribution is -0.169. The van der Waals surface area contributed by atoms with Gasteiger partial charge in [0, 0.05) is 38.5 Å². The smallest absolute Gasteiger partial charge is 0.270 e. The Hall–Kier alpha value is -1.73. The van der Waals surface area contributed by atoms with Crippen molar-refractivity contribution in [3.63, 3.8) is 0 Å². The van der Waals surface area contributed by atoms with Gasteiger partial charge in [-0.2, -0.15) is 0 Å². The molecule has 1 N–H and O–H groups in total. The number of carbonyl (C=O) groups excluding carboxylic acids is 1. The molecule has 2 saturated heterocycles. The van der Waals surface area contributed by atoms with E-state index in [2.05, 4.69) is 34.0 Å². The number of rotatable bonds is 4. The van der Waals surface area contributed by atoms with Crippen molar-refractivity contribution in [3.8, 4) is 0 Å². The fraction of sp³-hybridized carbons (Fsp3) is 0.706. The first-order valence-corrected chi connectivity index (χ1v) is 8.64. The van der Waals surface area contributed by atoms with Crippen molar-refractivity contribution in [2.24, 2.45) is 5.92 Å². The molecule has 0 bridgehead atoms. The average Bonchev–Trinajstić information content (AvgIpc) is 3.00. The topological polar surface area (TPSA) is 76.6 Å². The molecule has 0 saturated carbocycles. The number of aromatic nitrogens is 2. The molecule has 1 amide bonds. The van der Waals surface area contributed by atoms with Crippen LogP contribution < -0.4 is 10.2 Å². The Morgan fingerprint density at radius 1 is 1.29 bits per heavy atom. The van der Waals surface area contributed by atoms with Crippen LogP contribution >= 0.6 is 0 Å². The monoisotopic (exact) mass is 334 g/mol. The Labute approximate surface area is 142 Å². The molecule has 2 fully saturated rings. The highest BCUT2D eigenvalue weighted by molar-refractivity contribution is 5.92. The zero-order valence-corrected chi connectivity index (χ0v) is 14.7. The largest absolute Gasteiger partial charge is 0.356 e. The number of piperidine rings is 1. The zero-order chi connectivity index (χ0) is 17.2. The molecule has 24 heavy (non-hydrogen) atoms. The summed E-state index contributed by atoms with van der Waals surface area (Å²) in [4.78, 5) is 23.2. The number of aryl methyl sites for hydroxylation is 1. The third-order valence-corrected chi connectivity index (χ3v) is 4.39. The van der Waals surface area contributed by atoms with Crippen molar-refractivity contribution < 1.29 is 14.3 Å². The molecule has 0 aromatic carbocycles. The van der Waals surface area contributed by atoms with E-state index < -0.39 is 5.79 Å². The van der Waals surface area contributed by atoms with Crippen molar-refractivity contribution in [3.05, 3.63) is 17.6 Å². The average molecular weight is 334 g/mol. The summed E-state index contributed by atoms with van der Waals surface area (Å²) in [5, 5.41) is 2.91. The summed E-state index contributed by atoms with van der Waals surface area (Å²) in [6.07, 6.45) is 1.62. The van der Waals surface area contributed by atoms with Crippen LogP contribution in [0.5, 0.6) is 0 Å². The molecule has 7 heteroatoms. The standard InChI is InChI=1S/C17H26N4O3/c1-12(2)11-18-16(22)14-10-15(20-13(3)19-14)21-6-4-17(5-7-21)23-8-9-24-17/h10,12H,4-9,11H2,1-3H3,(H,18,22). The van der Waals surface area contributed by atoms with E-state index in [1.165, 1.54) is 0 Å². The van der Waals surface area contributed by atoms with Crippen molar-refractivity contribution in [1.82, 2.24) is 15.3 Å². The minimum Gasteiger partial charge on any atom is -0.356 e. The van der Waals surface area contributed by atoms with Gasteiger partial charge in [0.15, 0.2) is 5.79 Å². The van der Waals surface area contributed by atoms with Crippen LogP contribution in [0.15, 0.2) is 6.07 Å². The predicted octanol–water partition coefficient (Wildman–Crippen LogP) is 1.51. The first-order chi connectivity index (χ1) is 11.5. The highest BCUT2D eigenvalue weighted by Crippen LogP contribution is 2.32. The van der Waals surface area contributed by atoms with Crippen LogP contribution in [0, 0.1) is 12.8 Å². The number of ether oxygens (including phenoxy) is 2. The molecule has 3 heterocycles. The second-order valence-corrected chi connectivity index (χ2v) is 6.86. The van der Waals surface area contributed by atoms with Crippen LogP contribution in [0.3, 0.4) is 0 Å². The van der Waals surface area contributed by atoms with E-state index in [1.54, 1.807) is 6.07 Å². The van der Waals surface area contributed by atoms with Crippen LogP contribution in [-0.2, 0) is 9.47 Å². The van der Waals surface area contributed by atoms with Crippen molar-refractivity contribution >= 4 is 11.7 Å². The quantitative estimate of drug-likeness (QED) is 0.899. The molecule has 1 aromatic rings. The van der Waals surface area contributed by atoms with Crippen LogP contribution in [0.1, 0.15) is 43.0 Å². The molecule has 1 spiro atoms. The van der Waals surface area contributed by atoms with Gasteiger partial charge < -0.3 is 19.7 Å². The molecule has 0 unspecified atom stereocenters. The summed E-state index contributed by atoms with van der Waals surface area (Å²) < 4.78 is 11.5. The number of anilines is 1. The van der Waals surface area contributed by atoms with Crippen molar-refractivity contribution in [1.29, 1.82) is 0 Å². The number of nitrogens with zero attached hydrogens (tertiary/aromatic N) is 3. The van der Waals surface area contributed by atoms with E-state index in [1.807, 2.05) is 6.92 Å². The summed E-state index contributed by atoms with van der Waals surface area (Å²) in [6, 6.07) is 1.77. The highest BCUT2D eigenvalue weighted by Gasteiger charge is 2.40. The molecular formula is C17H26N4O3. The van der Waals surface area contributed by atoms with Gasteiger partial charge in [-0.05, 0) is 12.8 Å². The molecular weight excluding hydrogens is 308 g/mol. The lowest BCUT2D eigenvalue weighted by Crippen LogP contribution is -2.45. The molecule has 132 valence electrons. The summed E-state index contributed by atoms with van der Waals surface area (Å²) in [7, 11) is 0. The van der Waals surface area contributed by atoms with E-state index in [4.69, 9.17) is 9.47 Å². The van der Waals surface area contributed by atoms with Gasteiger partial charge in [-0.15, -0.1) is 0 Å². The number of amides is 1. The lowest BCUT2D eigenvalue weighted by atomic mass is 10.0. The Bertz CT molecular complexity index is 589. The van der Waals surface area contributed by atoms with Gasteiger partial charge in [-0.3, -0.25) is 4.79 Å². The Kier molecular flexibility index (Phi) is 5.01. The molecule has 1 aromatic heterocycles. The Morgan fingerprint density at radius 3 is 2.58 bits per heavy atom. The van der Waals surface area contributed by atoms with Gasteiger partial charge in [-0.25, -0.2) is 9.97 Å². The van der Waals surface area contributed by atoms with Gasteiger partial charge >= 0.3 is 0 Å². The molecule has 2 aliphatic heterocycles. The van der Waals surface area contributed by atoms with Gasteiger partial charge in [0.2, 0.25) is 0 Å². The van der Waals surface area contributed by atoms with E-state index in [-0.39, 0.29) is 5.91 Å². The lowest BCUT2D eigenvalue weighted by Gasteiger charge is -2.38. The molecule has 0 radical (unpaired) electrons. The fourth-order valence-corrected chi connectivity index (χ4v) is 3.08. The van der Waals surface area contributed by atoms with Crippen LogP contribution in [0.2, 0.25) is 0 Å². The van der Waals surface area contributed by atoms with Gasteiger partial charge in [0.05, 0.1) is 13.2 Å². The van der Waals surface area contributed by atoms with Gasteiger partial charge in [0.25, 0.3) is 5.91 Å². The minimum atomic E-state index is -0.407. The molecule has 0 aliphatic carbocycles. The van der Waals surface area contributed by atoms with E-state index >= 15 is 0 Å². The third-order valence-electron chi connectivity index (χ3n) is 4.39. The van der Waals surface area contributed by atoms with Gasteiger partial charge in [-0.1, -0.05) is 13.8 Å². The molecule has 3 rings (SSSR count). The van der Waals surface area contributed by atoms with Crippen molar-refractivity contribution in [2.45, 2.75) is 39.4 Å². The first-order valence-electron chi connectivity index (χ1n) is 8.64. The number of carbonyl (C=O) groups is 1. The number of hydrogen-bond acceptors (Lipinski definition) is 6. The normalized spacial score (nSPS) is 19.9. The van der Waals surface area contributed by atoms with Gasteiger partial charge in [0.1, 0.15) is 17.3 Å². The molecule has 7 nitrogen and oxygen atoms in total. The summed E-state index contributed by atoms with van der Waals surface area (Å²) in [5.74, 6) is 1.25. The number of hydrogen-bond donors (Lipinski definition) is 1. The predicted molar refractivity (Wildman–Crippen MR) is 90.0 cm³/mol. The zero-order valence-electron chi connectivity index (χ0n) is 14.7. The Balaban J connectivity index is 1.69. The van der Waals surface area contributed by atoms with Crippen molar-refractivity contribution in [2.75, 3.05) is 37.7 Å². The Morgan fingerprint density at radius 2 is 1.96 bits per heavy atom. The maximum Gasteiger partial charge on any atom is 0.270 e. The summed E-state index contributed by atoms with van der Waals surface area (Å²) >= 11 is 0. The maximum atomic E-state index is 12.3. The van der Waals surface area contributed by atoms with Crippen LogP contribution in [0.4, 0.5) is 5.82 Å². The van der Waals surface area contributed by atoms with Crippen LogP contribution in [0.25, 0.3) is 0 Å². The first kappa shape index (κ1) is 17.1. The SMILES string of the molecule is Cc1nc(C(=O)NCC(C)C)cc(N2CCC3(CC2)OCCO3)n1. The second-order valence-electron chi connectivity index (χ2n) is 6.86. The second kappa shape index (κ2) is 7.03.